The van der Waals surface area contributed by atoms with Crippen LogP contribution in [0.3, 0.4) is 0 Å². The van der Waals surface area contributed by atoms with Crippen molar-refractivity contribution in [1.29, 1.82) is 0 Å². The van der Waals surface area contributed by atoms with Crippen molar-refractivity contribution in [3.63, 3.8) is 0 Å². The van der Waals surface area contributed by atoms with E-state index in [-0.39, 0.29) is 12.7 Å². The third-order valence-electron chi connectivity index (χ3n) is 3.04. The molecule has 0 amide bonds. The lowest BCUT2D eigenvalue weighted by atomic mass is 9.78. The molecule has 1 N–H and O–H groups in total. The molecule has 0 bridgehead atoms. The average molecular weight is 172 g/mol. The summed E-state index contributed by atoms with van der Waals surface area (Å²) in [6.07, 6.45) is 3.31. The van der Waals surface area contributed by atoms with E-state index in [1.165, 1.54) is 0 Å². The van der Waals surface area contributed by atoms with E-state index in [1.54, 1.807) is 0 Å². The van der Waals surface area contributed by atoms with Gasteiger partial charge in [-0.1, -0.05) is 0 Å². The van der Waals surface area contributed by atoms with Gasteiger partial charge in [-0.05, 0) is 19.3 Å². The van der Waals surface area contributed by atoms with Gasteiger partial charge in [0.2, 0.25) is 0 Å². The van der Waals surface area contributed by atoms with Crippen LogP contribution in [0.25, 0.3) is 0 Å². The molecule has 12 heavy (non-hydrogen) atoms. The molecule has 0 aromatic carbocycles. The van der Waals surface area contributed by atoms with Gasteiger partial charge >= 0.3 is 0 Å². The molecule has 1 atom stereocenters. The van der Waals surface area contributed by atoms with Crippen LogP contribution in [0.4, 0.5) is 0 Å². The predicted octanol–water partition coefficient (Wildman–Crippen LogP) is 0.564. The SMILES string of the molecule is OC[C@H]1CC2(CCOCC2)CO1. The number of aliphatic hydroxyl groups excluding tert-OH is 1. The van der Waals surface area contributed by atoms with Gasteiger partial charge in [-0.3, -0.25) is 0 Å². The van der Waals surface area contributed by atoms with Crippen LogP contribution in [0.2, 0.25) is 0 Å². The molecule has 0 saturated carbocycles. The van der Waals surface area contributed by atoms with Crippen molar-refractivity contribution in [2.45, 2.75) is 25.4 Å². The predicted molar refractivity (Wildman–Crippen MR) is 43.9 cm³/mol. The fourth-order valence-corrected chi connectivity index (χ4v) is 2.17. The lowest BCUT2D eigenvalue weighted by Gasteiger charge is -2.31. The summed E-state index contributed by atoms with van der Waals surface area (Å²) < 4.78 is 10.8. The number of hydrogen-bond donors (Lipinski definition) is 1. The van der Waals surface area contributed by atoms with Crippen LogP contribution < -0.4 is 0 Å². The quantitative estimate of drug-likeness (QED) is 0.628. The van der Waals surface area contributed by atoms with Crippen LogP contribution in [0, 0.1) is 5.41 Å². The molecule has 2 aliphatic rings. The fraction of sp³-hybridized carbons (Fsp3) is 1.00. The monoisotopic (exact) mass is 172 g/mol. The molecule has 2 rings (SSSR count). The number of rotatable bonds is 1. The Labute approximate surface area is 72.7 Å². The van der Waals surface area contributed by atoms with Gasteiger partial charge in [0.25, 0.3) is 0 Å². The second kappa shape index (κ2) is 3.32. The third-order valence-corrected chi connectivity index (χ3v) is 3.04. The van der Waals surface area contributed by atoms with Crippen molar-refractivity contribution in [1.82, 2.24) is 0 Å². The molecule has 2 heterocycles. The number of ether oxygens (including phenoxy) is 2. The van der Waals surface area contributed by atoms with E-state index in [4.69, 9.17) is 14.6 Å². The van der Waals surface area contributed by atoms with Crippen molar-refractivity contribution in [2.24, 2.45) is 5.41 Å². The Bertz CT molecular complexity index is 152. The first kappa shape index (κ1) is 8.48. The lowest BCUT2D eigenvalue weighted by Crippen LogP contribution is -2.30. The minimum atomic E-state index is 0.0862. The average Bonchev–Trinajstić information content (AvgIpc) is 2.50. The summed E-state index contributed by atoms with van der Waals surface area (Å²) in [7, 11) is 0. The van der Waals surface area contributed by atoms with Crippen LogP contribution in [0.5, 0.6) is 0 Å². The highest BCUT2D eigenvalue weighted by atomic mass is 16.5. The van der Waals surface area contributed by atoms with Gasteiger partial charge < -0.3 is 14.6 Å². The first-order valence-electron chi connectivity index (χ1n) is 4.65. The van der Waals surface area contributed by atoms with E-state index >= 15 is 0 Å². The number of aliphatic hydroxyl groups is 1. The van der Waals surface area contributed by atoms with E-state index < -0.39 is 0 Å². The van der Waals surface area contributed by atoms with Crippen LogP contribution in [0.15, 0.2) is 0 Å². The topological polar surface area (TPSA) is 38.7 Å². The summed E-state index contributed by atoms with van der Waals surface area (Å²) in [5.41, 5.74) is 0.339. The molecule has 70 valence electrons. The Hall–Kier alpha value is -0.120. The summed E-state index contributed by atoms with van der Waals surface area (Å²) in [5.74, 6) is 0. The zero-order valence-electron chi connectivity index (χ0n) is 7.29. The van der Waals surface area contributed by atoms with Crippen LogP contribution in [0.1, 0.15) is 19.3 Å². The summed E-state index contributed by atoms with van der Waals surface area (Å²) in [5, 5.41) is 8.92. The summed E-state index contributed by atoms with van der Waals surface area (Å²) in [6, 6.07) is 0. The summed E-state index contributed by atoms with van der Waals surface area (Å²) in [4.78, 5) is 0. The second-order valence-corrected chi connectivity index (χ2v) is 3.93. The van der Waals surface area contributed by atoms with Crippen molar-refractivity contribution < 1.29 is 14.6 Å². The molecule has 2 fully saturated rings. The number of hydrogen-bond acceptors (Lipinski definition) is 3. The molecular formula is C9H16O3. The molecule has 0 radical (unpaired) electrons. The molecule has 1 spiro atoms. The lowest BCUT2D eigenvalue weighted by molar-refractivity contribution is 0.00458. The highest BCUT2D eigenvalue weighted by Crippen LogP contribution is 2.40. The molecule has 2 saturated heterocycles. The zero-order chi connectivity index (χ0) is 8.44. The second-order valence-electron chi connectivity index (χ2n) is 3.93. The maximum absolute atomic E-state index is 8.92. The van der Waals surface area contributed by atoms with E-state index in [0.29, 0.717) is 5.41 Å². The zero-order valence-corrected chi connectivity index (χ0v) is 7.29. The molecule has 3 nitrogen and oxygen atoms in total. The minimum absolute atomic E-state index is 0.0862. The molecule has 0 aromatic rings. The fourth-order valence-electron chi connectivity index (χ4n) is 2.17. The summed E-state index contributed by atoms with van der Waals surface area (Å²) >= 11 is 0. The third kappa shape index (κ3) is 1.49. The normalized spacial score (nSPS) is 34.2. The smallest absolute Gasteiger partial charge is 0.0812 e. The Morgan fingerprint density at radius 2 is 2.08 bits per heavy atom. The van der Waals surface area contributed by atoms with E-state index in [1.807, 2.05) is 0 Å². The molecule has 2 aliphatic heterocycles. The standard InChI is InChI=1S/C9H16O3/c10-6-8-5-9(7-12-8)1-3-11-4-2-9/h8,10H,1-7H2/t8-/m1/s1. The van der Waals surface area contributed by atoms with Crippen molar-refractivity contribution >= 4 is 0 Å². The maximum atomic E-state index is 8.92. The van der Waals surface area contributed by atoms with Gasteiger partial charge in [-0.25, -0.2) is 0 Å². The first-order chi connectivity index (χ1) is 5.85. The highest BCUT2D eigenvalue weighted by molar-refractivity contribution is 4.89. The molecule has 0 unspecified atom stereocenters. The van der Waals surface area contributed by atoms with Crippen LogP contribution in [-0.4, -0.2) is 37.6 Å². The van der Waals surface area contributed by atoms with Crippen molar-refractivity contribution in [3.8, 4) is 0 Å². The van der Waals surface area contributed by atoms with Gasteiger partial charge in [-0.15, -0.1) is 0 Å². The van der Waals surface area contributed by atoms with E-state index in [2.05, 4.69) is 0 Å². The highest BCUT2D eigenvalue weighted by Gasteiger charge is 2.40. The molecule has 0 aromatic heterocycles. The van der Waals surface area contributed by atoms with E-state index in [0.717, 1.165) is 39.1 Å². The molecular weight excluding hydrogens is 156 g/mol. The van der Waals surface area contributed by atoms with Crippen molar-refractivity contribution in [2.75, 3.05) is 26.4 Å². The largest absolute Gasteiger partial charge is 0.394 e. The Morgan fingerprint density at radius 1 is 1.33 bits per heavy atom. The first-order valence-corrected chi connectivity index (χ1v) is 4.65. The van der Waals surface area contributed by atoms with Gasteiger partial charge in [0.1, 0.15) is 0 Å². The van der Waals surface area contributed by atoms with Gasteiger partial charge in [-0.2, -0.15) is 0 Å². The van der Waals surface area contributed by atoms with E-state index in [9.17, 15) is 0 Å². The maximum Gasteiger partial charge on any atom is 0.0812 e. The van der Waals surface area contributed by atoms with Gasteiger partial charge in [0.15, 0.2) is 0 Å². The van der Waals surface area contributed by atoms with Crippen LogP contribution in [-0.2, 0) is 9.47 Å². The Kier molecular flexibility index (Phi) is 2.35. The minimum Gasteiger partial charge on any atom is -0.394 e. The Balaban J connectivity index is 1.94. The van der Waals surface area contributed by atoms with Crippen LogP contribution >= 0.6 is 0 Å². The van der Waals surface area contributed by atoms with Crippen molar-refractivity contribution in [3.05, 3.63) is 0 Å². The molecule has 0 aliphatic carbocycles. The summed E-state index contributed by atoms with van der Waals surface area (Å²) in [6.45, 7) is 2.72. The van der Waals surface area contributed by atoms with Gasteiger partial charge in [0.05, 0.1) is 19.3 Å². The van der Waals surface area contributed by atoms with Gasteiger partial charge in [0, 0.05) is 18.6 Å². The molecule has 3 heteroatoms. The Morgan fingerprint density at radius 3 is 2.67 bits per heavy atom.